The molecule has 0 aliphatic rings. The molecule has 0 saturated heterocycles. The molecular weight excluding hydrogens is 350 g/mol. The Morgan fingerprint density at radius 1 is 1.11 bits per heavy atom. The highest BCUT2D eigenvalue weighted by molar-refractivity contribution is 5.95. The molecule has 6 heteroatoms. The number of nitrogens with zero attached hydrogens (tertiary/aromatic N) is 2. The Morgan fingerprint density at radius 3 is 2.44 bits per heavy atom. The molecule has 1 heterocycles. The highest BCUT2D eigenvalue weighted by atomic mass is 19.1. The van der Waals surface area contributed by atoms with Crippen LogP contribution < -0.4 is 5.56 Å². The summed E-state index contributed by atoms with van der Waals surface area (Å²) >= 11 is 0. The Hall–Kier alpha value is -3.15. The number of aromatic nitrogens is 2. The predicted molar refractivity (Wildman–Crippen MR) is 98.3 cm³/mol. The Balaban J connectivity index is 1.90. The summed E-state index contributed by atoms with van der Waals surface area (Å²) < 4.78 is 28.4. The summed E-state index contributed by atoms with van der Waals surface area (Å²) in [4.78, 5) is 29.0. The minimum atomic E-state index is -0.603. The standard InChI is InChI=1S/C21H18F2N2O2/c1-13(2)17-8-3-14(11-18(17)23)12-19(26)20-21(27)25(10-9-24-20)16-6-4-15(22)5-7-16/h3-11,13H,12H2,1-2H3. The lowest BCUT2D eigenvalue weighted by Crippen LogP contribution is -2.27. The van der Waals surface area contributed by atoms with Crippen LogP contribution in [0.4, 0.5) is 8.78 Å². The second-order valence-electron chi connectivity index (χ2n) is 6.54. The molecular formula is C21H18F2N2O2. The summed E-state index contributed by atoms with van der Waals surface area (Å²) in [5.74, 6) is -1.27. The molecule has 4 nitrogen and oxygen atoms in total. The molecule has 138 valence electrons. The second-order valence-corrected chi connectivity index (χ2v) is 6.54. The maximum Gasteiger partial charge on any atom is 0.284 e. The van der Waals surface area contributed by atoms with Crippen LogP contribution in [-0.4, -0.2) is 15.3 Å². The second kappa shape index (κ2) is 7.61. The predicted octanol–water partition coefficient (Wildman–Crippen LogP) is 4.06. The van der Waals surface area contributed by atoms with Gasteiger partial charge >= 0.3 is 0 Å². The summed E-state index contributed by atoms with van der Waals surface area (Å²) in [6.45, 7) is 3.77. The van der Waals surface area contributed by atoms with E-state index < -0.39 is 17.2 Å². The van der Waals surface area contributed by atoms with Gasteiger partial charge in [0, 0.05) is 24.5 Å². The van der Waals surface area contributed by atoms with Gasteiger partial charge < -0.3 is 0 Å². The Labute approximate surface area is 155 Å². The number of ketones is 1. The van der Waals surface area contributed by atoms with Crippen LogP contribution in [-0.2, 0) is 6.42 Å². The molecule has 0 N–H and O–H groups in total. The van der Waals surface area contributed by atoms with E-state index in [0.29, 0.717) is 16.8 Å². The molecule has 0 saturated carbocycles. The molecule has 0 spiro atoms. The van der Waals surface area contributed by atoms with E-state index in [4.69, 9.17) is 0 Å². The molecule has 0 amide bonds. The SMILES string of the molecule is CC(C)c1ccc(CC(=O)c2nccn(-c3ccc(F)cc3)c2=O)cc1F. The fourth-order valence-corrected chi connectivity index (χ4v) is 2.83. The van der Waals surface area contributed by atoms with Gasteiger partial charge in [-0.05, 0) is 47.4 Å². The Bertz CT molecular complexity index is 1040. The van der Waals surface area contributed by atoms with Gasteiger partial charge in [0.1, 0.15) is 11.6 Å². The van der Waals surface area contributed by atoms with Gasteiger partial charge in [-0.2, -0.15) is 0 Å². The van der Waals surface area contributed by atoms with Crippen LogP contribution in [0.3, 0.4) is 0 Å². The van der Waals surface area contributed by atoms with E-state index in [0.717, 1.165) is 0 Å². The molecule has 3 rings (SSSR count). The zero-order chi connectivity index (χ0) is 19.6. The highest BCUT2D eigenvalue weighted by Gasteiger charge is 2.17. The zero-order valence-corrected chi connectivity index (χ0v) is 14.9. The van der Waals surface area contributed by atoms with E-state index in [9.17, 15) is 18.4 Å². The maximum absolute atomic E-state index is 14.1. The highest BCUT2D eigenvalue weighted by Crippen LogP contribution is 2.20. The lowest BCUT2D eigenvalue weighted by molar-refractivity contribution is 0.0986. The first kappa shape index (κ1) is 18.6. The molecule has 0 aliphatic carbocycles. The monoisotopic (exact) mass is 368 g/mol. The fourth-order valence-electron chi connectivity index (χ4n) is 2.83. The van der Waals surface area contributed by atoms with Crippen molar-refractivity contribution in [2.24, 2.45) is 0 Å². The van der Waals surface area contributed by atoms with E-state index in [1.807, 2.05) is 13.8 Å². The minimum absolute atomic E-state index is 0.0356. The van der Waals surface area contributed by atoms with Crippen LogP contribution >= 0.6 is 0 Å². The number of carbonyl (C=O) groups is 1. The van der Waals surface area contributed by atoms with Crippen molar-refractivity contribution in [3.05, 3.63) is 93.7 Å². The van der Waals surface area contributed by atoms with E-state index in [2.05, 4.69) is 4.98 Å². The number of hydrogen-bond donors (Lipinski definition) is 0. The van der Waals surface area contributed by atoms with Crippen LogP contribution in [0, 0.1) is 11.6 Å². The van der Waals surface area contributed by atoms with Crippen molar-refractivity contribution in [3.63, 3.8) is 0 Å². The van der Waals surface area contributed by atoms with E-state index in [1.165, 1.54) is 47.3 Å². The molecule has 3 aromatic rings. The van der Waals surface area contributed by atoms with Crippen LogP contribution in [0.15, 0.2) is 59.7 Å². The average Bonchev–Trinajstić information content (AvgIpc) is 2.62. The first-order chi connectivity index (χ1) is 12.9. The fraction of sp³-hybridized carbons (Fsp3) is 0.190. The van der Waals surface area contributed by atoms with E-state index >= 15 is 0 Å². The first-order valence-electron chi connectivity index (χ1n) is 8.52. The number of halogens is 2. The molecule has 0 fully saturated rings. The van der Waals surface area contributed by atoms with Crippen LogP contribution in [0.1, 0.15) is 41.4 Å². The summed E-state index contributed by atoms with van der Waals surface area (Å²) in [5.41, 5.74) is 0.622. The smallest absolute Gasteiger partial charge is 0.284 e. The Morgan fingerprint density at radius 2 is 1.81 bits per heavy atom. The normalized spacial score (nSPS) is 11.0. The van der Waals surface area contributed by atoms with Crippen LogP contribution in [0.2, 0.25) is 0 Å². The summed E-state index contributed by atoms with van der Waals surface area (Å²) in [6, 6.07) is 9.96. The largest absolute Gasteiger partial charge is 0.292 e. The molecule has 0 atom stereocenters. The lowest BCUT2D eigenvalue weighted by atomic mass is 9.99. The van der Waals surface area contributed by atoms with Gasteiger partial charge in [0.2, 0.25) is 0 Å². The first-order valence-corrected chi connectivity index (χ1v) is 8.52. The third-order valence-corrected chi connectivity index (χ3v) is 4.26. The third-order valence-electron chi connectivity index (χ3n) is 4.26. The van der Waals surface area contributed by atoms with Crippen molar-refractivity contribution >= 4 is 5.78 Å². The van der Waals surface area contributed by atoms with Crippen molar-refractivity contribution < 1.29 is 13.6 Å². The van der Waals surface area contributed by atoms with Crippen molar-refractivity contribution in [3.8, 4) is 5.69 Å². The van der Waals surface area contributed by atoms with Crippen molar-refractivity contribution in [2.75, 3.05) is 0 Å². The van der Waals surface area contributed by atoms with Crippen molar-refractivity contribution in [1.29, 1.82) is 0 Å². The maximum atomic E-state index is 14.1. The molecule has 1 aromatic heterocycles. The van der Waals surface area contributed by atoms with Crippen molar-refractivity contribution in [1.82, 2.24) is 9.55 Å². The number of hydrogen-bond acceptors (Lipinski definition) is 3. The summed E-state index contributed by atoms with van der Waals surface area (Å²) in [5, 5.41) is 0. The van der Waals surface area contributed by atoms with Crippen LogP contribution in [0.5, 0.6) is 0 Å². The van der Waals surface area contributed by atoms with Gasteiger partial charge in [-0.25, -0.2) is 13.8 Å². The number of benzene rings is 2. The molecule has 0 radical (unpaired) electrons. The molecule has 0 bridgehead atoms. The molecule has 0 unspecified atom stereocenters. The number of carbonyl (C=O) groups excluding carboxylic acids is 1. The average molecular weight is 368 g/mol. The summed E-state index contributed by atoms with van der Waals surface area (Å²) in [6.07, 6.45) is 2.61. The molecule has 0 aliphatic heterocycles. The quantitative estimate of drug-likeness (QED) is 0.638. The summed E-state index contributed by atoms with van der Waals surface area (Å²) in [7, 11) is 0. The van der Waals surface area contributed by atoms with Gasteiger partial charge in [0.25, 0.3) is 5.56 Å². The van der Waals surface area contributed by atoms with Gasteiger partial charge in [0.05, 0.1) is 0 Å². The minimum Gasteiger partial charge on any atom is -0.292 e. The number of Topliss-reactive ketones (excluding diaryl/α,β-unsaturated/α-hetero) is 1. The molecule has 27 heavy (non-hydrogen) atoms. The van der Waals surface area contributed by atoms with Crippen LogP contribution in [0.25, 0.3) is 5.69 Å². The van der Waals surface area contributed by atoms with E-state index in [-0.39, 0.29) is 23.8 Å². The Kier molecular flexibility index (Phi) is 5.26. The van der Waals surface area contributed by atoms with Gasteiger partial charge in [0.15, 0.2) is 11.5 Å². The lowest BCUT2D eigenvalue weighted by Gasteiger charge is -2.09. The van der Waals surface area contributed by atoms with Gasteiger partial charge in [-0.1, -0.05) is 26.0 Å². The zero-order valence-electron chi connectivity index (χ0n) is 14.9. The molecule has 2 aromatic carbocycles. The number of rotatable bonds is 5. The van der Waals surface area contributed by atoms with Gasteiger partial charge in [-0.3, -0.25) is 14.2 Å². The van der Waals surface area contributed by atoms with Crippen molar-refractivity contribution in [2.45, 2.75) is 26.2 Å². The van der Waals surface area contributed by atoms with E-state index in [1.54, 1.807) is 12.1 Å². The third kappa shape index (κ3) is 4.00. The topological polar surface area (TPSA) is 52.0 Å². The van der Waals surface area contributed by atoms with Gasteiger partial charge in [-0.15, -0.1) is 0 Å².